The van der Waals surface area contributed by atoms with Gasteiger partial charge in [-0.2, -0.15) is 0 Å². The maximum Gasteiger partial charge on any atom is 0.131 e. The molecule has 0 bridgehead atoms. The lowest BCUT2D eigenvalue weighted by Crippen LogP contribution is -2.44. The normalized spacial score (nSPS) is 16.0. The van der Waals surface area contributed by atoms with E-state index in [2.05, 4.69) is 13.5 Å². The molecule has 0 aromatic heterocycles. The van der Waals surface area contributed by atoms with E-state index in [1.54, 1.807) is 4.90 Å². The van der Waals surface area contributed by atoms with Crippen molar-refractivity contribution in [2.75, 3.05) is 0 Å². The molecule has 0 unspecified atom stereocenters. The van der Waals surface area contributed by atoms with Gasteiger partial charge in [-0.15, -0.1) is 0 Å². The highest BCUT2D eigenvalue weighted by atomic mass is 35.5. The van der Waals surface area contributed by atoms with Crippen molar-refractivity contribution in [2.45, 2.75) is 32.7 Å². The van der Waals surface area contributed by atoms with Crippen LogP contribution < -0.4 is 11.5 Å². The first kappa shape index (κ1) is 17.2. The molecule has 0 amide bonds. The van der Waals surface area contributed by atoms with Crippen LogP contribution in [0, 0.1) is 12.3 Å². The molecule has 0 spiro atoms. The van der Waals surface area contributed by atoms with E-state index in [4.69, 9.17) is 33.5 Å². The van der Waals surface area contributed by atoms with E-state index in [1.165, 1.54) is 6.20 Å². The molecule has 0 fully saturated rings. The van der Waals surface area contributed by atoms with Crippen LogP contribution in [0.25, 0.3) is 5.70 Å². The zero-order chi connectivity index (χ0) is 17.1. The van der Waals surface area contributed by atoms with Crippen molar-refractivity contribution in [2.24, 2.45) is 16.5 Å². The van der Waals surface area contributed by atoms with Crippen molar-refractivity contribution < 1.29 is 0 Å². The van der Waals surface area contributed by atoms with Gasteiger partial charge in [-0.3, -0.25) is 4.90 Å². The number of aryl methyl sites for hydroxylation is 1. The molecule has 0 saturated carbocycles. The summed E-state index contributed by atoms with van der Waals surface area (Å²) in [6, 6.07) is 3.47. The van der Waals surface area contributed by atoms with Crippen molar-refractivity contribution in [3.05, 3.63) is 46.8 Å². The lowest BCUT2D eigenvalue weighted by atomic mass is 10.00. The van der Waals surface area contributed by atoms with Crippen LogP contribution in [0.1, 0.15) is 30.9 Å². The van der Waals surface area contributed by atoms with Crippen LogP contribution in [0.3, 0.4) is 0 Å². The van der Waals surface area contributed by atoms with Crippen LogP contribution in [0.5, 0.6) is 0 Å². The van der Waals surface area contributed by atoms with E-state index in [0.717, 1.165) is 35.9 Å². The molecule has 6 heteroatoms. The van der Waals surface area contributed by atoms with Crippen LogP contribution >= 0.6 is 11.6 Å². The first-order chi connectivity index (χ1) is 11.0. The minimum Gasteiger partial charge on any atom is -0.403 e. The highest BCUT2D eigenvalue weighted by Crippen LogP contribution is 2.41. The second kappa shape index (κ2) is 6.98. The minimum atomic E-state index is -0.279. The predicted octanol–water partition coefficient (Wildman–Crippen LogP) is 3.54. The van der Waals surface area contributed by atoms with Gasteiger partial charge in [-0.1, -0.05) is 37.6 Å². The fourth-order valence-electron chi connectivity index (χ4n) is 2.67. The summed E-state index contributed by atoms with van der Waals surface area (Å²) >= 11 is 6.36. The number of benzene rings is 1. The number of hydrogen-bond donors (Lipinski definition) is 3. The molecule has 5 nitrogen and oxygen atoms in total. The Labute approximate surface area is 141 Å². The topological polar surface area (TPSA) is 91.5 Å². The number of nitrogens with two attached hydrogens (primary N) is 2. The first-order valence-electron chi connectivity index (χ1n) is 7.51. The summed E-state index contributed by atoms with van der Waals surface area (Å²) in [6.45, 7) is 8.19. The van der Waals surface area contributed by atoms with Gasteiger partial charge < -0.3 is 16.9 Å². The molecule has 0 radical (unpaired) electrons. The molecule has 0 aliphatic carbocycles. The van der Waals surface area contributed by atoms with Crippen molar-refractivity contribution in [1.82, 2.24) is 4.90 Å². The molecule has 1 atom stereocenters. The van der Waals surface area contributed by atoms with Gasteiger partial charge in [0.1, 0.15) is 5.84 Å². The number of rotatable bonds is 5. The third-order valence-electron chi connectivity index (χ3n) is 3.85. The molecule has 23 heavy (non-hydrogen) atoms. The van der Waals surface area contributed by atoms with Gasteiger partial charge >= 0.3 is 0 Å². The summed E-state index contributed by atoms with van der Waals surface area (Å²) in [4.78, 5) is 6.47. The Morgan fingerprint density at radius 3 is 2.78 bits per heavy atom. The minimum absolute atomic E-state index is 0.279. The number of nitrogens with zero attached hydrogens (tertiary/aromatic N) is 2. The molecule has 1 aromatic carbocycles. The van der Waals surface area contributed by atoms with E-state index < -0.39 is 0 Å². The second-order valence-electron chi connectivity index (χ2n) is 5.47. The monoisotopic (exact) mass is 331 g/mol. The number of amidine groups is 1. The Morgan fingerprint density at radius 2 is 2.22 bits per heavy atom. The summed E-state index contributed by atoms with van der Waals surface area (Å²) in [7, 11) is 0. The number of hydrogen-bond acceptors (Lipinski definition) is 5. The molecule has 1 aliphatic rings. The molecule has 5 N–H and O–H groups in total. The summed E-state index contributed by atoms with van der Waals surface area (Å²) in [5, 5.41) is 8.18. The highest BCUT2D eigenvalue weighted by molar-refractivity contribution is 6.33. The fraction of sp³-hybridized carbons (Fsp3) is 0.294. The number of halogens is 1. The van der Waals surface area contributed by atoms with Crippen molar-refractivity contribution in [3.63, 3.8) is 0 Å². The van der Waals surface area contributed by atoms with E-state index in [0.29, 0.717) is 22.3 Å². The lowest BCUT2D eigenvalue weighted by molar-refractivity contribution is 0.641. The molecule has 122 valence electrons. The van der Waals surface area contributed by atoms with Gasteiger partial charge in [-0.05, 0) is 25.0 Å². The number of nitrogens with one attached hydrogen (secondary N) is 1. The van der Waals surface area contributed by atoms with Crippen molar-refractivity contribution >= 4 is 35.0 Å². The zero-order valence-electron chi connectivity index (χ0n) is 13.4. The van der Waals surface area contributed by atoms with E-state index >= 15 is 0 Å². The molecule has 1 aromatic rings. The van der Waals surface area contributed by atoms with Crippen LogP contribution in [0.4, 0.5) is 5.69 Å². The molecule has 1 aliphatic heterocycles. The first-order valence-corrected chi connectivity index (χ1v) is 7.89. The number of allylic oxidation sites excluding steroid dienone is 1. The quantitative estimate of drug-likeness (QED) is 0.720. The summed E-state index contributed by atoms with van der Waals surface area (Å²) < 4.78 is 0. The standard InChI is InChI=1S/C17H22ClN5/c1-4-5-14(21)17-22-16-10(2)6-7-13(18)15(16)11(3)23(17)12(8-19)9-20/h6-9,14,19H,3-5,20-21H2,1-2H3/b12-9+,19-8?/t14-/m0/s1. The SMILES string of the molecule is C=C1c2c(Cl)ccc(C)c2N=C([C@@H](N)CCC)N1/C(C=N)=C/N. The van der Waals surface area contributed by atoms with Gasteiger partial charge in [0.25, 0.3) is 0 Å². The summed E-state index contributed by atoms with van der Waals surface area (Å²) in [6.07, 6.45) is 4.21. The van der Waals surface area contributed by atoms with Crippen LogP contribution in [-0.2, 0) is 0 Å². The average Bonchev–Trinajstić information content (AvgIpc) is 2.53. The Kier molecular flexibility index (Phi) is 5.23. The Balaban J connectivity index is 2.71. The largest absolute Gasteiger partial charge is 0.403 e. The maximum atomic E-state index is 7.61. The smallest absolute Gasteiger partial charge is 0.131 e. The van der Waals surface area contributed by atoms with E-state index in [-0.39, 0.29) is 6.04 Å². The maximum absolute atomic E-state index is 7.61. The highest BCUT2D eigenvalue weighted by Gasteiger charge is 2.31. The Bertz CT molecular complexity index is 705. The molecule has 2 rings (SSSR count). The number of aliphatic imine (C=N–C) groups is 1. The molecular weight excluding hydrogens is 310 g/mol. The Morgan fingerprint density at radius 1 is 1.52 bits per heavy atom. The third-order valence-corrected chi connectivity index (χ3v) is 4.17. The van der Waals surface area contributed by atoms with Gasteiger partial charge in [0, 0.05) is 18.0 Å². The van der Waals surface area contributed by atoms with Crippen LogP contribution in [0.2, 0.25) is 5.02 Å². The summed E-state index contributed by atoms with van der Waals surface area (Å²) in [5.74, 6) is 0.634. The molecular formula is C17H22ClN5. The Hall–Kier alpha value is -2.11. The van der Waals surface area contributed by atoms with Gasteiger partial charge in [0.15, 0.2) is 0 Å². The van der Waals surface area contributed by atoms with Gasteiger partial charge in [-0.25, -0.2) is 4.99 Å². The summed E-state index contributed by atoms with van der Waals surface area (Å²) in [5.41, 5.74) is 15.6. The lowest BCUT2D eigenvalue weighted by Gasteiger charge is -2.35. The van der Waals surface area contributed by atoms with E-state index in [9.17, 15) is 0 Å². The van der Waals surface area contributed by atoms with Gasteiger partial charge in [0.2, 0.25) is 0 Å². The predicted molar refractivity (Wildman–Crippen MR) is 98.1 cm³/mol. The van der Waals surface area contributed by atoms with Crippen molar-refractivity contribution in [3.8, 4) is 0 Å². The third kappa shape index (κ3) is 3.02. The van der Waals surface area contributed by atoms with Crippen molar-refractivity contribution in [1.29, 1.82) is 5.41 Å². The van der Waals surface area contributed by atoms with Gasteiger partial charge in [0.05, 0.1) is 28.1 Å². The van der Waals surface area contributed by atoms with E-state index in [1.807, 2.05) is 19.1 Å². The number of fused-ring (bicyclic) bond motifs is 1. The second-order valence-corrected chi connectivity index (χ2v) is 5.88. The van der Waals surface area contributed by atoms with Crippen LogP contribution in [0.15, 0.2) is 35.6 Å². The molecule has 0 saturated heterocycles. The van der Waals surface area contributed by atoms with Crippen LogP contribution in [-0.4, -0.2) is 23.0 Å². The fourth-order valence-corrected chi connectivity index (χ4v) is 2.93. The zero-order valence-corrected chi connectivity index (χ0v) is 14.2. The average molecular weight is 332 g/mol. The molecule has 1 heterocycles.